The smallest absolute Gasteiger partial charge is 0.169 e. The molecule has 2 heterocycles. The minimum absolute atomic E-state index is 0.0589. The Bertz CT molecular complexity index is 1030. The summed E-state index contributed by atoms with van der Waals surface area (Å²) in [5.74, 6) is 1.12. The molecule has 29 heavy (non-hydrogen) atoms. The van der Waals surface area contributed by atoms with Gasteiger partial charge >= 0.3 is 0 Å². The number of rotatable bonds is 5. The number of nitrogens with two attached hydrogens (primary N) is 2. The number of carbonyl (C=O) groups excluding carboxylic acids is 1. The number of ketones is 1. The maximum absolute atomic E-state index is 12.0. The molecule has 7 heteroatoms. The van der Waals surface area contributed by atoms with Crippen molar-refractivity contribution in [1.82, 2.24) is 4.98 Å². The van der Waals surface area contributed by atoms with Gasteiger partial charge in [0.1, 0.15) is 17.7 Å². The second-order valence-corrected chi connectivity index (χ2v) is 6.79. The van der Waals surface area contributed by atoms with Crippen molar-refractivity contribution in [3.05, 3.63) is 83.2 Å². The van der Waals surface area contributed by atoms with Crippen LogP contribution in [0.25, 0.3) is 0 Å². The molecule has 4 rings (SSSR count). The minimum atomic E-state index is -1.05. The molecule has 7 nitrogen and oxygen atoms in total. The number of ether oxygens (including phenoxy) is 2. The summed E-state index contributed by atoms with van der Waals surface area (Å²) in [5.41, 5.74) is 14.9. The van der Waals surface area contributed by atoms with Gasteiger partial charge in [0.05, 0.1) is 24.1 Å². The van der Waals surface area contributed by atoms with Crippen LogP contribution in [-0.2, 0) is 0 Å². The van der Waals surface area contributed by atoms with Crippen LogP contribution in [0.2, 0.25) is 0 Å². The van der Waals surface area contributed by atoms with E-state index in [-0.39, 0.29) is 5.78 Å². The van der Waals surface area contributed by atoms with Gasteiger partial charge in [0.2, 0.25) is 0 Å². The van der Waals surface area contributed by atoms with Crippen LogP contribution >= 0.6 is 0 Å². The third-order valence-corrected chi connectivity index (χ3v) is 4.84. The fourth-order valence-electron chi connectivity index (χ4n) is 3.29. The van der Waals surface area contributed by atoms with E-state index in [0.717, 1.165) is 11.1 Å². The molecule has 0 bridgehead atoms. The summed E-state index contributed by atoms with van der Waals surface area (Å²) in [4.78, 5) is 16.1. The third-order valence-electron chi connectivity index (χ3n) is 4.84. The van der Waals surface area contributed by atoms with Gasteiger partial charge in [0, 0.05) is 24.2 Å². The van der Waals surface area contributed by atoms with Crippen molar-refractivity contribution in [1.29, 1.82) is 0 Å². The SMILES string of the molecule is Nc1cnccc1[C@@H](Oc1ccc2c(c1)OCCC2=O)c1ccc(C(N)O)cc1. The van der Waals surface area contributed by atoms with Crippen LogP contribution in [0.4, 0.5) is 5.69 Å². The Labute approximate surface area is 167 Å². The number of Topliss-reactive ketones (excluding diaryl/α,β-unsaturated/α-hetero) is 1. The van der Waals surface area contributed by atoms with Gasteiger partial charge in [-0.1, -0.05) is 24.3 Å². The predicted octanol–water partition coefficient (Wildman–Crippen LogP) is 2.75. The van der Waals surface area contributed by atoms with E-state index in [0.29, 0.717) is 41.3 Å². The summed E-state index contributed by atoms with van der Waals surface area (Å²) < 4.78 is 11.9. The predicted molar refractivity (Wildman–Crippen MR) is 108 cm³/mol. The molecule has 0 spiro atoms. The average molecular weight is 391 g/mol. The van der Waals surface area contributed by atoms with Gasteiger partial charge in [-0.3, -0.25) is 9.78 Å². The molecule has 1 unspecified atom stereocenters. The molecule has 0 radical (unpaired) electrons. The maximum atomic E-state index is 12.0. The van der Waals surface area contributed by atoms with Crippen molar-refractivity contribution in [2.45, 2.75) is 18.8 Å². The third kappa shape index (κ3) is 3.91. The van der Waals surface area contributed by atoms with Crippen molar-refractivity contribution in [2.24, 2.45) is 5.73 Å². The Kier molecular flexibility index (Phi) is 5.16. The van der Waals surface area contributed by atoms with E-state index in [1.54, 1.807) is 48.8 Å². The molecule has 1 aliphatic heterocycles. The van der Waals surface area contributed by atoms with Gasteiger partial charge < -0.3 is 26.0 Å². The van der Waals surface area contributed by atoms with E-state index in [1.807, 2.05) is 12.1 Å². The first-order valence-electron chi connectivity index (χ1n) is 9.22. The summed E-state index contributed by atoms with van der Waals surface area (Å²) in [6.07, 6.45) is 2.01. The first kappa shape index (κ1) is 18.9. The number of hydrogen-bond donors (Lipinski definition) is 3. The number of aliphatic hydroxyl groups excluding tert-OH is 1. The molecule has 0 aliphatic carbocycles. The number of nitrogens with zero attached hydrogens (tertiary/aromatic N) is 1. The number of fused-ring (bicyclic) bond motifs is 1. The Morgan fingerprint density at radius 3 is 2.59 bits per heavy atom. The van der Waals surface area contributed by atoms with E-state index < -0.39 is 12.3 Å². The number of nitrogen functional groups attached to an aromatic ring is 1. The Morgan fingerprint density at radius 1 is 1.10 bits per heavy atom. The van der Waals surface area contributed by atoms with E-state index in [9.17, 15) is 9.90 Å². The fraction of sp³-hybridized carbons (Fsp3) is 0.182. The van der Waals surface area contributed by atoms with Crippen molar-refractivity contribution in [3.63, 3.8) is 0 Å². The second kappa shape index (κ2) is 7.90. The van der Waals surface area contributed by atoms with Crippen LogP contribution in [0, 0.1) is 0 Å². The highest BCUT2D eigenvalue weighted by Gasteiger charge is 2.22. The number of carbonyl (C=O) groups is 1. The Balaban J connectivity index is 1.71. The van der Waals surface area contributed by atoms with Crippen molar-refractivity contribution in [3.8, 4) is 11.5 Å². The normalized spacial score (nSPS) is 15.2. The topological polar surface area (TPSA) is 121 Å². The number of anilines is 1. The van der Waals surface area contributed by atoms with Crippen molar-refractivity contribution >= 4 is 11.5 Å². The molecule has 0 amide bonds. The molecular weight excluding hydrogens is 370 g/mol. The highest BCUT2D eigenvalue weighted by Crippen LogP contribution is 2.35. The van der Waals surface area contributed by atoms with Crippen LogP contribution in [0.5, 0.6) is 11.5 Å². The minimum Gasteiger partial charge on any atom is -0.492 e. The zero-order chi connectivity index (χ0) is 20.4. The lowest BCUT2D eigenvalue weighted by atomic mass is 9.99. The van der Waals surface area contributed by atoms with E-state index in [1.165, 1.54) is 0 Å². The van der Waals surface area contributed by atoms with Gasteiger partial charge in [0.25, 0.3) is 0 Å². The molecular formula is C22H21N3O4. The largest absolute Gasteiger partial charge is 0.492 e. The highest BCUT2D eigenvalue weighted by molar-refractivity contribution is 5.99. The second-order valence-electron chi connectivity index (χ2n) is 6.79. The lowest BCUT2D eigenvalue weighted by Gasteiger charge is -2.23. The van der Waals surface area contributed by atoms with Crippen LogP contribution in [-0.4, -0.2) is 22.5 Å². The lowest BCUT2D eigenvalue weighted by molar-refractivity contribution is 0.0933. The molecule has 0 saturated heterocycles. The first-order valence-corrected chi connectivity index (χ1v) is 9.22. The molecule has 3 aromatic rings. The van der Waals surface area contributed by atoms with E-state index in [4.69, 9.17) is 20.9 Å². The standard InChI is InChI=1S/C22H21N3O4/c23-18-12-25-9-7-16(18)21(13-1-3-14(4-2-13)22(24)27)29-15-5-6-17-19(26)8-10-28-20(17)11-15/h1-7,9,11-12,21-22,27H,8,10,23-24H2/t21-,22?/m0/s1. The number of benzene rings is 2. The van der Waals surface area contributed by atoms with E-state index >= 15 is 0 Å². The molecule has 1 aliphatic rings. The van der Waals surface area contributed by atoms with Gasteiger partial charge in [-0.15, -0.1) is 0 Å². The summed E-state index contributed by atoms with van der Waals surface area (Å²) >= 11 is 0. The fourth-order valence-corrected chi connectivity index (χ4v) is 3.29. The first-order chi connectivity index (χ1) is 14.0. The van der Waals surface area contributed by atoms with Crippen LogP contribution in [0.3, 0.4) is 0 Å². The molecule has 2 atom stereocenters. The van der Waals surface area contributed by atoms with Crippen LogP contribution in [0.15, 0.2) is 60.9 Å². The number of aromatic nitrogens is 1. The van der Waals surface area contributed by atoms with Crippen molar-refractivity contribution < 1.29 is 19.4 Å². The molecule has 0 fully saturated rings. The lowest BCUT2D eigenvalue weighted by Crippen LogP contribution is -2.16. The number of pyridine rings is 1. The van der Waals surface area contributed by atoms with Gasteiger partial charge in [-0.25, -0.2) is 0 Å². The average Bonchev–Trinajstić information content (AvgIpc) is 2.73. The number of aliphatic hydroxyl groups is 1. The van der Waals surface area contributed by atoms with Gasteiger partial charge in [-0.2, -0.15) is 0 Å². The molecule has 0 saturated carbocycles. The van der Waals surface area contributed by atoms with Crippen LogP contribution in [0.1, 0.15) is 45.8 Å². The Morgan fingerprint density at radius 2 is 1.86 bits per heavy atom. The molecule has 148 valence electrons. The Hall–Kier alpha value is -3.42. The zero-order valence-electron chi connectivity index (χ0n) is 15.6. The quantitative estimate of drug-likeness (QED) is 0.572. The zero-order valence-corrected chi connectivity index (χ0v) is 15.6. The van der Waals surface area contributed by atoms with Gasteiger partial charge in [-0.05, 0) is 29.3 Å². The van der Waals surface area contributed by atoms with Crippen LogP contribution < -0.4 is 20.9 Å². The van der Waals surface area contributed by atoms with Gasteiger partial charge in [0.15, 0.2) is 11.9 Å². The maximum Gasteiger partial charge on any atom is 0.169 e. The monoisotopic (exact) mass is 391 g/mol. The molecule has 2 aromatic carbocycles. The number of hydrogen-bond acceptors (Lipinski definition) is 7. The molecule has 5 N–H and O–H groups in total. The summed E-state index contributed by atoms with van der Waals surface area (Å²) in [6.45, 7) is 0.360. The van der Waals surface area contributed by atoms with E-state index in [2.05, 4.69) is 4.98 Å². The highest BCUT2D eigenvalue weighted by atomic mass is 16.5. The summed E-state index contributed by atoms with van der Waals surface area (Å²) in [5, 5.41) is 9.56. The van der Waals surface area contributed by atoms with Crippen molar-refractivity contribution in [2.75, 3.05) is 12.3 Å². The summed E-state index contributed by atoms with van der Waals surface area (Å²) in [7, 11) is 0. The molecule has 1 aromatic heterocycles. The summed E-state index contributed by atoms with van der Waals surface area (Å²) in [6, 6.07) is 14.1.